The van der Waals surface area contributed by atoms with E-state index in [1.165, 1.54) is 11.1 Å². The lowest BCUT2D eigenvalue weighted by Gasteiger charge is -2.03. The molecule has 0 aliphatic carbocycles. The van der Waals surface area contributed by atoms with Gasteiger partial charge in [0.15, 0.2) is 0 Å². The first-order valence-electron chi connectivity index (χ1n) is 9.65. The molecule has 0 unspecified atom stereocenters. The molecule has 28 heavy (non-hydrogen) atoms. The topological polar surface area (TPSA) is 39.9 Å². The summed E-state index contributed by atoms with van der Waals surface area (Å²) in [5, 5.41) is 9.01. The molecule has 0 radical (unpaired) electrons. The van der Waals surface area contributed by atoms with Crippen LogP contribution >= 0.6 is 0 Å². The molecule has 4 rings (SSSR count). The molecule has 0 aliphatic rings. The number of rotatable bonds is 7. The highest BCUT2D eigenvalue weighted by Gasteiger charge is 2.03. The number of unbranched alkanes of at least 4 members (excludes halogenated alkanes) is 1. The zero-order valence-corrected chi connectivity index (χ0v) is 16.0. The van der Waals surface area contributed by atoms with Crippen molar-refractivity contribution in [1.29, 1.82) is 0 Å². The van der Waals surface area contributed by atoms with E-state index in [1.807, 2.05) is 36.5 Å². The third kappa shape index (κ3) is 4.29. The Morgan fingerprint density at radius 2 is 1.61 bits per heavy atom. The third-order valence-corrected chi connectivity index (χ3v) is 4.55. The normalized spacial score (nSPS) is 11.3. The first-order valence-corrected chi connectivity index (χ1v) is 9.65. The highest BCUT2D eigenvalue weighted by Crippen LogP contribution is 2.20. The second-order valence-corrected chi connectivity index (χ2v) is 6.68. The van der Waals surface area contributed by atoms with Crippen molar-refractivity contribution in [2.75, 3.05) is 6.61 Å². The largest absolute Gasteiger partial charge is 0.494 e. The summed E-state index contributed by atoms with van der Waals surface area (Å²) in [4.78, 5) is 1.60. The lowest BCUT2D eigenvalue weighted by Crippen LogP contribution is -1.95. The molecular weight excluding hydrogens is 346 g/mol. The molecule has 140 valence electrons. The van der Waals surface area contributed by atoms with E-state index in [0.29, 0.717) is 0 Å². The van der Waals surface area contributed by atoms with Gasteiger partial charge in [0.05, 0.1) is 12.8 Å². The molecule has 0 N–H and O–H groups in total. The number of nitrogens with zero attached hydrogens (tertiary/aromatic N) is 3. The fourth-order valence-corrected chi connectivity index (χ4v) is 2.97. The van der Waals surface area contributed by atoms with Gasteiger partial charge in [0.2, 0.25) is 0 Å². The summed E-state index contributed by atoms with van der Waals surface area (Å²) in [6.45, 7) is 2.88. The Morgan fingerprint density at radius 1 is 0.857 bits per heavy atom. The lowest BCUT2D eigenvalue weighted by molar-refractivity contribution is 0.310. The van der Waals surface area contributed by atoms with Crippen molar-refractivity contribution in [2.24, 2.45) is 0 Å². The van der Waals surface area contributed by atoms with Crippen molar-refractivity contribution in [3.8, 4) is 16.9 Å². The summed E-state index contributed by atoms with van der Waals surface area (Å²) < 4.78 is 5.75. The van der Waals surface area contributed by atoms with E-state index < -0.39 is 0 Å². The Morgan fingerprint density at radius 3 is 2.39 bits per heavy atom. The first kappa shape index (κ1) is 18.0. The molecule has 1 aromatic heterocycles. The van der Waals surface area contributed by atoms with Gasteiger partial charge >= 0.3 is 0 Å². The predicted molar refractivity (Wildman–Crippen MR) is 115 cm³/mol. The van der Waals surface area contributed by atoms with E-state index in [9.17, 15) is 0 Å². The van der Waals surface area contributed by atoms with Gasteiger partial charge in [0.1, 0.15) is 16.8 Å². The summed E-state index contributed by atoms with van der Waals surface area (Å²) >= 11 is 0. The second-order valence-electron chi connectivity index (χ2n) is 6.68. The molecule has 0 aliphatic heterocycles. The minimum Gasteiger partial charge on any atom is -0.494 e. The maximum absolute atomic E-state index is 5.75. The maximum atomic E-state index is 5.75. The van der Waals surface area contributed by atoms with Crippen LogP contribution in [0.1, 0.15) is 25.3 Å². The van der Waals surface area contributed by atoms with E-state index in [-0.39, 0.29) is 0 Å². The van der Waals surface area contributed by atoms with Crippen LogP contribution in [-0.4, -0.2) is 21.6 Å². The van der Waals surface area contributed by atoms with E-state index in [1.54, 1.807) is 4.80 Å². The van der Waals surface area contributed by atoms with Crippen molar-refractivity contribution in [1.82, 2.24) is 15.0 Å². The summed E-state index contributed by atoms with van der Waals surface area (Å²) in [5.41, 5.74) is 5.21. The number of fused-ring (bicyclic) bond motifs is 1. The van der Waals surface area contributed by atoms with Crippen LogP contribution in [0, 0.1) is 0 Å². The van der Waals surface area contributed by atoms with Gasteiger partial charge in [-0.05, 0) is 41.3 Å². The Labute approximate surface area is 165 Å². The summed E-state index contributed by atoms with van der Waals surface area (Å²) in [6.07, 6.45) is 6.05. The predicted octanol–water partition coefficient (Wildman–Crippen LogP) is 5.91. The number of benzene rings is 3. The molecule has 0 saturated heterocycles. The minimum atomic E-state index is 0.731. The maximum Gasteiger partial charge on any atom is 0.121 e. The van der Waals surface area contributed by atoms with E-state index >= 15 is 0 Å². The molecule has 0 fully saturated rings. The molecule has 0 amide bonds. The van der Waals surface area contributed by atoms with Crippen molar-refractivity contribution >= 4 is 23.3 Å². The zero-order valence-electron chi connectivity index (χ0n) is 16.0. The van der Waals surface area contributed by atoms with Crippen molar-refractivity contribution in [2.45, 2.75) is 19.8 Å². The Bertz CT molecular complexity index is 1070. The van der Waals surface area contributed by atoms with E-state index in [0.717, 1.165) is 41.8 Å². The first-order chi connectivity index (χ1) is 13.8. The third-order valence-electron chi connectivity index (χ3n) is 4.55. The highest BCUT2D eigenvalue weighted by atomic mass is 16.5. The molecule has 1 heterocycles. The minimum absolute atomic E-state index is 0.731. The fraction of sp³-hybridized carbons (Fsp3) is 0.167. The molecule has 0 spiro atoms. The summed E-state index contributed by atoms with van der Waals surface area (Å²) in [5.74, 6) is 0.841. The fourth-order valence-electron chi connectivity index (χ4n) is 2.97. The molecule has 4 heteroatoms. The quantitative estimate of drug-likeness (QED) is 0.380. The molecule has 0 bridgehead atoms. The van der Waals surface area contributed by atoms with E-state index in [4.69, 9.17) is 4.74 Å². The monoisotopic (exact) mass is 369 g/mol. The highest BCUT2D eigenvalue weighted by molar-refractivity contribution is 5.76. The van der Waals surface area contributed by atoms with Crippen LogP contribution < -0.4 is 4.74 Å². The molecule has 0 atom stereocenters. The van der Waals surface area contributed by atoms with Crippen LogP contribution in [-0.2, 0) is 0 Å². The van der Waals surface area contributed by atoms with Crippen LogP contribution in [0.4, 0.5) is 0 Å². The van der Waals surface area contributed by atoms with Gasteiger partial charge in [-0.3, -0.25) is 0 Å². The van der Waals surface area contributed by atoms with Crippen molar-refractivity contribution < 1.29 is 4.74 Å². The van der Waals surface area contributed by atoms with Gasteiger partial charge in [0, 0.05) is 6.07 Å². The molecule has 4 aromatic rings. The van der Waals surface area contributed by atoms with Crippen LogP contribution in [0.2, 0.25) is 0 Å². The van der Waals surface area contributed by atoms with Gasteiger partial charge in [-0.1, -0.05) is 67.9 Å². The number of hydrogen-bond acceptors (Lipinski definition) is 3. The number of aromatic nitrogens is 3. The van der Waals surface area contributed by atoms with Gasteiger partial charge < -0.3 is 4.74 Å². The Balaban J connectivity index is 1.47. The molecule has 0 saturated carbocycles. The van der Waals surface area contributed by atoms with Gasteiger partial charge in [-0.15, -0.1) is 10.2 Å². The van der Waals surface area contributed by atoms with Gasteiger partial charge in [-0.25, -0.2) is 0 Å². The van der Waals surface area contributed by atoms with E-state index in [2.05, 4.69) is 65.7 Å². The summed E-state index contributed by atoms with van der Waals surface area (Å²) in [7, 11) is 0. The average Bonchev–Trinajstić information content (AvgIpc) is 3.16. The Kier molecular flexibility index (Phi) is 5.48. The molecule has 3 aromatic carbocycles. The SMILES string of the molecule is CCCCOc1ccc2nn(C=Cc3ccc(-c4ccccc4)cc3)nc2c1. The smallest absolute Gasteiger partial charge is 0.121 e. The van der Waals surface area contributed by atoms with Gasteiger partial charge in [0.25, 0.3) is 0 Å². The number of hydrogen-bond donors (Lipinski definition) is 0. The summed E-state index contributed by atoms with van der Waals surface area (Å²) in [6, 6.07) is 24.7. The van der Waals surface area contributed by atoms with Crippen LogP contribution in [0.25, 0.3) is 34.4 Å². The van der Waals surface area contributed by atoms with Crippen molar-refractivity contribution in [3.63, 3.8) is 0 Å². The molecule has 4 nitrogen and oxygen atoms in total. The van der Waals surface area contributed by atoms with Crippen LogP contribution in [0.5, 0.6) is 5.75 Å². The average molecular weight is 369 g/mol. The standard InChI is InChI=1S/C24H23N3O/c1-2-3-17-28-22-13-14-23-24(18-22)26-27(25-23)16-15-19-9-11-21(12-10-19)20-7-5-4-6-8-20/h4-16,18H,2-3,17H2,1H3. The second kappa shape index (κ2) is 8.53. The van der Waals surface area contributed by atoms with Crippen molar-refractivity contribution in [3.05, 3.63) is 78.4 Å². The van der Waals surface area contributed by atoms with Gasteiger partial charge in [-0.2, -0.15) is 4.80 Å². The lowest BCUT2D eigenvalue weighted by atomic mass is 10.0. The number of ether oxygens (including phenoxy) is 1. The molecular formula is C24H23N3O. The van der Waals surface area contributed by atoms with Crippen LogP contribution in [0.3, 0.4) is 0 Å². The zero-order chi connectivity index (χ0) is 19.2. The van der Waals surface area contributed by atoms with Crippen LogP contribution in [0.15, 0.2) is 72.8 Å². The Hall–Kier alpha value is -3.40.